The minimum atomic E-state index is 0.149. The van der Waals surface area contributed by atoms with Gasteiger partial charge in [0.05, 0.1) is 19.8 Å². The number of rotatable bonds is 2. The summed E-state index contributed by atoms with van der Waals surface area (Å²) in [5, 5.41) is 0. The number of fused-ring (bicyclic) bond motifs is 1. The third kappa shape index (κ3) is 1.33. The molecule has 0 amide bonds. The number of methoxy groups -OCH3 is 2. The van der Waals surface area contributed by atoms with Crippen LogP contribution in [0.25, 0.3) is 0 Å². The molecule has 0 unspecified atom stereocenters. The highest BCUT2D eigenvalue weighted by molar-refractivity contribution is 5.67. The maximum atomic E-state index is 5.36. The van der Waals surface area contributed by atoms with Gasteiger partial charge in [-0.25, -0.2) is 0 Å². The second-order valence-corrected chi connectivity index (χ2v) is 2.87. The van der Waals surface area contributed by atoms with Gasteiger partial charge in [0.25, 0.3) is 0 Å². The van der Waals surface area contributed by atoms with E-state index in [1.165, 1.54) is 7.11 Å². The van der Waals surface area contributed by atoms with Gasteiger partial charge in [-0.05, 0) is 0 Å². The van der Waals surface area contributed by atoms with E-state index in [0.29, 0.717) is 28.6 Å². The molecule has 78 valence electrons. The first-order valence-corrected chi connectivity index (χ1v) is 4.33. The summed E-state index contributed by atoms with van der Waals surface area (Å²) in [4.78, 5) is 0. The average Bonchev–Trinajstić information content (AvgIpc) is 2.75. The summed E-state index contributed by atoms with van der Waals surface area (Å²) in [7, 11) is 3.08. The smallest absolute Gasteiger partial charge is 0.231 e. The maximum absolute atomic E-state index is 5.36. The topological polar surface area (TPSA) is 36.9 Å². The normalized spacial score (nSPS) is 12.1. The first-order valence-electron chi connectivity index (χ1n) is 4.33. The van der Waals surface area contributed by atoms with Gasteiger partial charge in [-0.15, -0.1) is 6.42 Å². The lowest BCUT2D eigenvalue weighted by molar-refractivity contribution is 0.168. The highest BCUT2D eigenvalue weighted by Crippen LogP contribution is 2.49. The van der Waals surface area contributed by atoms with Crippen molar-refractivity contribution in [3.05, 3.63) is 11.6 Å². The Labute approximate surface area is 87.7 Å². The molecule has 0 bridgehead atoms. The Morgan fingerprint density at radius 1 is 1.27 bits per heavy atom. The summed E-state index contributed by atoms with van der Waals surface area (Å²) in [5.74, 6) is 4.61. The predicted octanol–water partition coefficient (Wildman–Crippen LogP) is 1.41. The molecule has 0 aliphatic carbocycles. The molecule has 2 rings (SSSR count). The molecule has 0 fully saturated rings. The van der Waals surface area contributed by atoms with Crippen molar-refractivity contribution >= 4 is 0 Å². The van der Waals surface area contributed by atoms with E-state index in [1.807, 2.05) is 0 Å². The largest absolute Gasteiger partial charge is 0.493 e. The van der Waals surface area contributed by atoms with Gasteiger partial charge in [-0.3, -0.25) is 0 Å². The van der Waals surface area contributed by atoms with Crippen LogP contribution in [0.4, 0.5) is 0 Å². The van der Waals surface area contributed by atoms with Crippen LogP contribution in [0.3, 0.4) is 0 Å². The Kier molecular flexibility index (Phi) is 2.30. The summed E-state index contributed by atoms with van der Waals surface area (Å²) < 4.78 is 20.9. The minimum Gasteiger partial charge on any atom is -0.493 e. The van der Waals surface area contributed by atoms with E-state index in [1.54, 1.807) is 13.2 Å². The molecule has 0 atom stereocenters. The second kappa shape index (κ2) is 3.62. The predicted molar refractivity (Wildman–Crippen MR) is 53.6 cm³/mol. The average molecular weight is 206 g/mol. The Morgan fingerprint density at radius 3 is 2.60 bits per heavy atom. The van der Waals surface area contributed by atoms with Crippen LogP contribution in [-0.2, 0) is 0 Å². The van der Waals surface area contributed by atoms with E-state index in [0.717, 1.165) is 0 Å². The molecule has 0 N–H and O–H groups in total. The molecule has 0 saturated carbocycles. The van der Waals surface area contributed by atoms with Crippen molar-refractivity contribution in [2.45, 2.75) is 0 Å². The highest BCUT2D eigenvalue weighted by Gasteiger charge is 2.26. The van der Waals surface area contributed by atoms with Crippen LogP contribution in [0.1, 0.15) is 5.56 Å². The molecule has 1 aromatic rings. The van der Waals surface area contributed by atoms with Crippen molar-refractivity contribution in [1.82, 2.24) is 0 Å². The molecule has 1 aromatic carbocycles. The lowest BCUT2D eigenvalue weighted by atomic mass is 10.1. The Bertz CT molecular complexity index is 431. The van der Waals surface area contributed by atoms with Crippen LogP contribution in [0, 0.1) is 12.3 Å². The Morgan fingerprint density at radius 2 is 2.00 bits per heavy atom. The van der Waals surface area contributed by atoms with Gasteiger partial charge < -0.3 is 18.9 Å². The molecule has 0 saturated heterocycles. The number of ether oxygens (including phenoxy) is 4. The summed E-state index contributed by atoms with van der Waals surface area (Å²) >= 11 is 0. The maximum Gasteiger partial charge on any atom is 0.231 e. The van der Waals surface area contributed by atoms with E-state index >= 15 is 0 Å². The van der Waals surface area contributed by atoms with E-state index in [-0.39, 0.29) is 6.79 Å². The van der Waals surface area contributed by atoms with Crippen LogP contribution in [-0.4, -0.2) is 21.0 Å². The zero-order valence-corrected chi connectivity index (χ0v) is 8.49. The van der Waals surface area contributed by atoms with Gasteiger partial charge in [0.2, 0.25) is 18.3 Å². The quantitative estimate of drug-likeness (QED) is 0.685. The van der Waals surface area contributed by atoms with Gasteiger partial charge in [-0.2, -0.15) is 0 Å². The fraction of sp³-hybridized carbons (Fsp3) is 0.273. The van der Waals surface area contributed by atoms with E-state index < -0.39 is 0 Å². The summed E-state index contributed by atoms with van der Waals surface area (Å²) in [5.41, 5.74) is 0.582. The molecule has 0 spiro atoms. The van der Waals surface area contributed by atoms with E-state index in [2.05, 4.69) is 5.92 Å². The molecule has 1 aliphatic heterocycles. The van der Waals surface area contributed by atoms with Crippen LogP contribution in [0.2, 0.25) is 0 Å². The van der Waals surface area contributed by atoms with E-state index in [9.17, 15) is 0 Å². The van der Waals surface area contributed by atoms with Gasteiger partial charge in [0, 0.05) is 6.07 Å². The summed E-state index contributed by atoms with van der Waals surface area (Å²) in [6.45, 7) is 0.149. The van der Waals surface area contributed by atoms with Gasteiger partial charge in [0.1, 0.15) is 0 Å². The molecule has 0 aromatic heterocycles. The molecule has 15 heavy (non-hydrogen) atoms. The van der Waals surface area contributed by atoms with Crippen molar-refractivity contribution in [2.75, 3.05) is 21.0 Å². The summed E-state index contributed by atoms with van der Waals surface area (Å²) in [6, 6.07) is 1.69. The molecule has 4 heteroatoms. The van der Waals surface area contributed by atoms with Crippen molar-refractivity contribution < 1.29 is 18.9 Å². The number of hydrogen-bond acceptors (Lipinski definition) is 4. The zero-order valence-electron chi connectivity index (χ0n) is 8.49. The SMILES string of the molecule is C#Cc1cc(OC)c2c(c1OC)OCO2. The van der Waals surface area contributed by atoms with Crippen molar-refractivity contribution in [1.29, 1.82) is 0 Å². The fourth-order valence-electron chi connectivity index (χ4n) is 1.48. The van der Waals surface area contributed by atoms with Gasteiger partial charge in [-0.1, -0.05) is 5.92 Å². The van der Waals surface area contributed by atoms with Crippen LogP contribution >= 0.6 is 0 Å². The first-order chi connectivity index (χ1) is 7.31. The van der Waals surface area contributed by atoms with Crippen molar-refractivity contribution in [3.8, 4) is 35.3 Å². The summed E-state index contributed by atoms with van der Waals surface area (Å²) in [6.07, 6.45) is 5.36. The second-order valence-electron chi connectivity index (χ2n) is 2.87. The Balaban J connectivity index is 2.67. The lowest BCUT2D eigenvalue weighted by Crippen LogP contribution is -1.94. The van der Waals surface area contributed by atoms with Crippen LogP contribution in [0.15, 0.2) is 6.07 Å². The first kappa shape index (κ1) is 9.53. The Hall–Kier alpha value is -2.02. The molecule has 4 nitrogen and oxygen atoms in total. The van der Waals surface area contributed by atoms with Gasteiger partial charge >= 0.3 is 0 Å². The minimum absolute atomic E-state index is 0.149. The molecular weight excluding hydrogens is 196 g/mol. The highest BCUT2D eigenvalue weighted by atomic mass is 16.7. The monoisotopic (exact) mass is 206 g/mol. The van der Waals surface area contributed by atoms with Crippen molar-refractivity contribution in [3.63, 3.8) is 0 Å². The molecule has 1 aliphatic rings. The lowest BCUT2D eigenvalue weighted by Gasteiger charge is -2.10. The number of hydrogen-bond donors (Lipinski definition) is 0. The molecule has 1 heterocycles. The fourth-order valence-corrected chi connectivity index (χ4v) is 1.48. The third-order valence-corrected chi connectivity index (χ3v) is 2.14. The molecule has 0 radical (unpaired) electrons. The van der Waals surface area contributed by atoms with Gasteiger partial charge in [0.15, 0.2) is 11.5 Å². The van der Waals surface area contributed by atoms with Crippen molar-refractivity contribution in [2.24, 2.45) is 0 Å². The van der Waals surface area contributed by atoms with Crippen LogP contribution in [0.5, 0.6) is 23.0 Å². The number of benzene rings is 1. The number of terminal acetylenes is 1. The standard InChI is InChI=1S/C11H10O4/c1-4-7-5-8(12-2)10-11(9(7)13-3)15-6-14-10/h1,5H,6H2,2-3H3. The van der Waals surface area contributed by atoms with E-state index in [4.69, 9.17) is 25.4 Å². The zero-order chi connectivity index (χ0) is 10.8. The molecular formula is C11H10O4. The van der Waals surface area contributed by atoms with Crippen LogP contribution < -0.4 is 18.9 Å². The third-order valence-electron chi connectivity index (χ3n) is 2.14.